The molecule has 2 aromatic heterocycles. The largest absolute Gasteiger partial charge is 0.289 e. The van der Waals surface area contributed by atoms with Crippen LogP contribution in [0.2, 0.25) is 0 Å². The van der Waals surface area contributed by atoms with Crippen molar-refractivity contribution in [1.82, 2.24) is 0 Å². The first-order chi connectivity index (χ1) is 39.9. The molecule has 0 bridgehead atoms. The summed E-state index contributed by atoms with van der Waals surface area (Å²) in [7, 11) is 0. The van der Waals surface area contributed by atoms with Crippen molar-refractivity contribution in [1.29, 1.82) is 15.8 Å². The van der Waals surface area contributed by atoms with Crippen LogP contribution in [0.5, 0.6) is 0 Å². The first kappa shape index (κ1) is 49.9. The molecular weight excluding hydrogens is 1040 g/mol. The Hall–Kier alpha value is -10.3. The van der Waals surface area contributed by atoms with E-state index >= 15 is 0 Å². The standard InChI is InChI=1S/C74H44N4O2S2/c1-41-14-23-47(24-15-41)73(48-25-16-42(2)17-26-48)61-37-58-62(36-57(61)71-63(73)35-51(81-71)34-60-66(46(38-75)39-76)52-10-6-8-12-54(52)70(60)80)74(49-27-18-43(3)19-28-49,50-29-20-44(4)21-30-50)68-56-31-22-45(33-65(56)82-72(58)68)32-59-67(64(40-77)78-5)53-11-7-9-13-55(53)69(59)79/h6-37H,1-4H3/b59-32-,60-34-,67-64+. The number of aryl methyl sites for hydroxylation is 4. The molecule has 0 atom stereocenters. The number of benzene rings is 8. The van der Waals surface area contributed by atoms with Crippen molar-refractivity contribution in [2.45, 2.75) is 38.5 Å². The molecule has 0 aliphatic heterocycles. The van der Waals surface area contributed by atoms with Crippen LogP contribution in [0.4, 0.5) is 0 Å². The number of nitrogens with zero attached hydrogens (tertiary/aromatic N) is 4. The number of nitriles is 3. The summed E-state index contributed by atoms with van der Waals surface area (Å²) >= 11 is 3.36. The third-order valence-electron chi connectivity index (χ3n) is 17.1. The molecule has 0 saturated carbocycles. The minimum Gasteiger partial charge on any atom is -0.289 e. The molecular formula is C74H44N4O2S2. The topological polar surface area (TPSA) is 110 Å². The lowest BCUT2D eigenvalue weighted by Gasteiger charge is -2.36. The molecule has 4 aliphatic carbocycles. The Balaban J connectivity index is 1.08. The Kier molecular flexibility index (Phi) is 11.4. The van der Waals surface area contributed by atoms with Crippen LogP contribution in [0.1, 0.15) is 109 Å². The molecule has 0 fully saturated rings. The highest BCUT2D eigenvalue weighted by molar-refractivity contribution is 7.22. The second-order valence-electron chi connectivity index (χ2n) is 21.6. The van der Waals surface area contributed by atoms with E-state index in [-0.39, 0.29) is 22.8 Å². The monoisotopic (exact) mass is 1080 g/mol. The van der Waals surface area contributed by atoms with E-state index in [0.717, 1.165) is 103 Å². The van der Waals surface area contributed by atoms with Gasteiger partial charge < -0.3 is 0 Å². The van der Waals surface area contributed by atoms with Crippen molar-refractivity contribution in [3.8, 4) is 39.1 Å². The van der Waals surface area contributed by atoms with E-state index < -0.39 is 10.8 Å². The van der Waals surface area contributed by atoms with Crippen LogP contribution in [0.25, 0.3) is 59.1 Å². The van der Waals surface area contributed by atoms with Crippen molar-refractivity contribution in [2.75, 3.05) is 0 Å². The molecule has 6 nitrogen and oxygen atoms in total. The Morgan fingerprint density at radius 2 is 0.939 bits per heavy atom. The summed E-state index contributed by atoms with van der Waals surface area (Å²) in [4.78, 5) is 35.3. The molecule has 14 rings (SSSR count). The van der Waals surface area contributed by atoms with Crippen LogP contribution in [0.15, 0.2) is 204 Å². The Labute approximate surface area is 482 Å². The SMILES string of the molecule is [C-]#[N+]/C(C#N)=C1/C(=C/c2ccc3c4c(sc3c2)-c2cc3c(cc2C4(c2ccc(C)cc2)c2ccc(C)cc2)-c2sc(/C=C4\C(=O)c5ccccc5C4=C(C#N)C#N)cc2C3(c2ccc(C)cc2)c2ccc(C)cc2)C(=O)c2ccccc21. The van der Waals surface area contributed by atoms with Crippen molar-refractivity contribution < 1.29 is 9.59 Å². The van der Waals surface area contributed by atoms with Crippen LogP contribution in [-0.2, 0) is 10.8 Å². The molecule has 8 heteroatoms. The van der Waals surface area contributed by atoms with Crippen LogP contribution in [-0.4, -0.2) is 11.6 Å². The minimum atomic E-state index is -0.848. The number of carbonyl (C=O) groups is 2. The molecule has 10 aromatic rings. The molecule has 0 spiro atoms. The van der Waals surface area contributed by atoms with E-state index in [0.29, 0.717) is 44.5 Å². The summed E-state index contributed by atoms with van der Waals surface area (Å²) in [5.41, 5.74) is 18.0. The lowest BCUT2D eigenvalue weighted by molar-refractivity contribution is 0.103. The van der Waals surface area contributed by atoms with Crippen LogP contribution in [0.3, 0.4) is 0 Å². The van der Waals surface area contributed by atoms with E-state index in [1.165, 1.54) is 5.56 Å². The molecule has 0 saturated heterocycles. The summed E-state index contributed by atoms with van der Waals surface area (Å²) in [6.07, 6.45) is 3.73. The van der Waals surface area contributed by atoms with Crippen LogP contribution < -0.4 is 0 Å². The summed E-state index contributed by atoms with van der Waals surface area (Å²) in [6.45, 7) is 16.4. The molecule has 2 heterocycles. The van der Waals surface area contributed by atoms with Gasteiger partial charge in [-0.25, -0.2) is 10.1 Å². The van der Waals surface area contributed by atoms with Crippen molar-refractivity contribution >= 4 is 67.6 Å². The van der Waals surface area contributed by atoms with Gasteiger partial charge in [0, 0.05) is 52.8 Å². The highest BCUT2D eigenvalue weighted by atomic mass is 32.1. The number of hydrogen-bond acceptors (Lipinski definition) is 7. The number of thiophene rings is 2. The maximum atomic E-state index is 14.5. The fourth-order valence-corrected chi connectivity index (χ4v) is 15.9. The van der Waals surface area contributed by atoms with Gasteiger partial charge in [-0.05, 0) is 142 Å². The van der Waals surface area contributed by atoms with Crippen LogP contribution >= 0.6 is 22.7 Å². The fraction of sp³-hybridized carbons (Fsp3) is 0.0811. The second-order valence-corrected chi connectivity index (χ2v) is 23.8. The van der Waals surface area contributed by atoms with E-state index in [1.54, 1.807) is 46.9 Å². The number of rotatable bonds is 6. The average molecular weight is 1090 g/mol. The van der Waals surface area contributed by atoms with E-state index in [1.807, 2.05) is 36.4 Å². The van der Waals surface area contributed by atoms with Gasteiger partial charge in [0.2, 0.25) is 0 Å². The Morgan fingerprint density at radius 3 is 1.44 bits per heavy atom. The van der Waals surface area contributed by atoms with Crippen molar-refractivity contribution in [2.24, 2.45) is 0 Å². The molecule has 384 valence electrons. The number of fused-ring (bicyclic) bond motifs is 10. The molecule has 0 N–H and O–H groups in total. The normalized spacial score (nSPS) is 16.2. The van der Waals surface area contributed by atoms with Gasteiger partial charge in [-0.15, -0.1) is 22.7 Å². The molecule has 0 radical (unpaired) electrons. The summed E-state index contributed by atoms with van der Waals surface area (Å²) in [5.74, 6) is -0.440. The van der Waals surface area contributed by atoms with Gasteiger partial charge in [0.05, 0.1) is 23.5 Å². The third-order valence-corrected chi connectivity index (χ3v) is 19.4. The maximum absolute atomic E-state index is 14.5. The predicted octanol–water partition coefficient (Wildman–Crippen LogP) is 17.4. The van der Waals surface area contributed by atoms with Gasteiger partial charge in [-0.2, -0.15) is 10.5 Å². The molecule has 0 unspecified atom stereocenters. The van der Waals surface area contributed by atoms with Gasteiger partial charge in [0.15, 0.2) is 11.6 Å². The number of carbonyl (C=O) groups excluding carboxylic acids is 2. The van der Waals surface area contributed by atoms with Gasteiger partial charge in [0.1, 0.15) is 17.7 Å². The summed E-state index contributed by atoms with van der Waals surface area (Å²) < 4.78 is 1.03. The summed E-state index contributed by atoms with van der Waals surface area (Å²) in [5, 5.41) is 31.9. The molecule has 8 aromatic carbocycles. The summed E-state index contributed by atoms with van der Waals surface area (Å²) in [6, 6.07) is 69.7. The Morgan fingerprint density at radius 1 is 0.476 bits per heavy atom. The lowest BCUT2D eigenvalue weighted by Crippen LogP contribution is -2.30. The zero-order valence-corrected chi connectivity index (χ0v) is 46.5. The van der Waals surface area contributed by atoms with E-state index in [9.17, 15) is 25.4 Å². The quantitative estimate of drug-likeness (QED) is 0.0936. The molecule has 0 amide bonds. The average Bonchev–Trinajstić information content (AvgIpc) is 1.78. The third kappa shape index (κ3) is 7.00. The van der Waals surface area contributed by atoms with Gasteiger partial charge in [0.25, 0.3) is 5.70 Å². The first-order valence-electron chi connectivity index (χ1n) is 26.9. The fourth-order valence-electron chi connectivity index (χ4n) is 13.4. The smallest absolute Gasteiger partial charge is 0.270 e. The van der Waals surface area contributed by atoms with Gasteiger partial charge in [-0.3, -0.25) is 9.59 Å². The second kappa shape index (κ2) is 18.6. The van der Waals surface area contributed by atoms with E-state index in [4.69, 9.17) is 6.57 Å². The van der Waals surface area contributed by atoms with Gasteiger partial charge >= 0.3 is 0 Å². The predicted molar refractivity (Wildman–Crippen MR) is 328 cm³/mol. The lowest BCUT2D eigenvalue weighted by atomic mass is 9.65. The molecule has 4 aliphatic rings. The number of allylic oxidation sites excluding steroid dienone is 6. The van der Waals surface area contributed by atoms with Gasteiger partial charge in [-0.1, -0.05) is 180 Å². The highest BCUT2D eigenvalue weighted by Crippen LogP contribution is 2.66. The maximum Gasteiger partial charge on any atom is 0.270 e. The van der Waals surface area contributed by atoms with Crippen LogP contribution in [0, 0.1) is 68.3 Å². The first-order valence-corrected chi connectivity index (χ1v) is 28.5. The number of Topliss-reactive ketones (excluding diaryl/α,β-unsaturated/α-hetero) is 2. The number of ketones is 2. The minimum absolute atomic E-state index is 0.105. The zero-order valence-electron chi connectivity index (χ0n) is 44.9. The Bertz CT molecular complexity index is 4710. The zero-order chi connectivity index (χ0) is 56.3. The number of hydrogen-bond donors (Lipinski definition) is 0. The van der Waals surface area contributed by atoms with Crippen molar-refractivity contribution in [3.05, 3.63) is 315 Å². The highest BCUT2D eigenvalue weighted by Gasteiger charge is 2.53. The molecule has 82 heavy (non-hydrogen) atoms. The van der Waals surface area contributed by atoms with Crippen molar-refractivity contribution in [3.63, 3.8) is 0 Å². The van der Waals surface area contributed by atoms with E-state index in [2.05, 4.69) is 184 Å².